The summed E-state index contributed by atoms with van der Waals surface area (Å²) < 4.78 is 10.5. The largest absolute Gasteiger partial charge is 0.467 e. The SMILES string of the molecule is CC(NC(=O)COC(=O)C1CC(O)CN1C(=O)C12CC3CC(CC(C3)C1)C2)c1ccco1. The second kappa shape index (κ2) is 8.21. The number of rotatable bonds is 6. The fourth-order valence-electron chi connectivity index (χ4n) is 7.06. The van der Waals surface area contributed by atoms with E-state index in [0.29, 0.717) is 23.5 Å². The van der Waals surface area contributed by atoms with Crippen LogP contribution in [0.2, 0.25) is 0 Å². The number of nitrogens with one attached hydrogen (secondary N) is 1. The normalized spacial score (nSPS) is 36.2. The maximum Gasteiger partial charge on any atom is 0.329 e. The van der Waals surface area contributed by atoms with E-state index < -0.39 is 30.6 Å². The molecule has 1 saturated heterocycles. The van der Waals surface area contributed by atoms with Crippen molar-refractivity contribution in [2.24, 2.45) is 23.2 Å². The van der Waals surface area contributed by atoms with Gasteiger partial charge in [-0.1, -0.05) is 0 Å². The number of aliphatic hydroxyl groups is 1. The van der Waals surface area contributed by atoms with Crippen LogP contribution in [0.1, 0.15) is 63.7 Å². The molecule has 6 rings (SSSR count). The second-order valence-corrected chi connectivity index (χ2v) is 10.5. The van der Waals surface area contributed by atoms with Crippen molar-refractivity contribution >= 4 is 17.8 Å². The van der Waals surface area contributed by atoms with Crippen LogP contribution in [0, 0.1) is 23.2 Å². The van der Waals surface area contributed by atoms with Gasteiger partial charge in [0.2, 0.25) is 5.91 Å². The molecule has 4 aliphatic carbocycles. The van der Waals surface area contributed by atoms with Gasteiger partial charge in [-0.15, -0.1) is 0 Å². The summed E-state index contributed by atoms with van der Waals surface area (Å²) in [6, 6.07) is 2.31. The zero-order chi connectivity index (χ0) is 22.5. The first-order chi connectivity index (χ1) is 15.3. The first-order valence-corrected chi connectivity index (χ1v) is 11.8. The van der Waals surface area contributed by atoms with Gasteiger partial charge in [-0.25, -0.2) is 4.79 Å². The lowest BCUT2D eigenvalue weighted by Crippen LogP contribution is -2.56. The molecule has 0 aromatic carbocycles. The summed E-state index contributed by atoms with van der Waals surface area (Å²) in [6.45, 7) is 1.50. The van der Waals surface area contributed by atoms with Gasteiger partial charge in [0.05, 0.1) is 23.8 Å². The molecule has 8 heteroatoms. The maximum absolute atomic E-state index is 13.7. The predicted octanol–water partition coefficient (Wildman–Crippen LogP) is 2.18. The van der Waals surface area contributed by atoms with Gasteiger partial charge in [-0.05, 0) is 75.3 Å². The van der Waals surface area contributed by atoms with Crippen molar-refractivity contribution in [3.05, 3.63) is 24.2 Å². The molecule has 3 unspecified atom stereocenters. The Morgan fingerprint density at radius 2 is 1.84 bits per heavy atom. The Balaban J connectivity index is 1.20. The topological polar surface area (TPSA) is 109 Å². The molecule has 2 heterocycles. The molecule has 1 aromatic heterocycles. The van der Waals surface area contributed by atoms with E-state index in [-0.39, 0.29) is 30.3 Å². The fraction of sp³-hybridized carbons (Fsp3) is 0.708. The van der Waals surface area contributed by atoms with Gasteiger partial charge in [0.25, 0.3) is 5.91 Å². The van der Waals surface area contributed by atoms with Crippen LogP contribution < -0.4 is 5.32 Å². The monoisotopic (exact) mass is 444 g/mol. The van der Waals surface area contributed by atoms with E-state index in [9.17, 15) is 19.5 Å². The Kier molecular flexibility index (Phi) is 5.51. The van der Waals surface area contributed by atoms with E-state index in [4.69, 9.17) is 9.15 Å². The standard InChI is InChI=1S/C24H32N2O6/c1-14(20-3-2-4-31-20)25-21(28)13-32-22(29)19-8-18(27)12-26(19)23(30)24-9-15-5-16(10-24)7-17(6-15)11-24/h2-4,14-19,27H,5-13H2,1H3,(H,25,28). The molecule has 174 valence electrons. The van der Waals surface area contributed by atoms with Crippen molar-refractivity contribution in [3.63, 3.8) is 0 Å². The highest BCUT2D eigenvalue weighted by Crippen LogP contribution is 2.60. The summed E-state index contributed by atoms with van der Waals surface area (Å²) >= 11 is 0. The number of likely N-dealkylation sites (tertiary alicyclic amines) is 1. The molecule has 1 aliphatic heterocycles. The van der Waals surface area contributed by atoms with Crippen LogP contribution in [0.4, 0.5) is 0 Å². The van der Waals surface area contributed by atoms with E-state index in [1.54, 1.807) is 24.0 Å². The Labute approximate surface area is 187 Å². The van der Waals surface area contributed by atoms with Crippen molar-refractivity contribution in [1.82, 2.24) is 10.2 Å². The number of carbonyl (C=O) groups is 3. The molecular formula is C24H32N2O6. The van der Waals surface area contributed by atoms with Crippen molar-refractivity contribution in [2.45, 2.75) is 70.1 Å². The molecule has 32 heavy (non-hydrogen) atoms. The molecule has 2 N–H and O–H groups in total. The van der Waals surface area contributed by atoms with Crippen molar-refractivity contribution in [1.29, 1.82) is 0 Å². The van der Waals surface area contributed by atoms with Gasteiger partial charge in [0.1, 0.15) is 11.8 Å². The van der Waals surface area contributed by atoms with Crippen LogP contribution in [0.25, 0.3) is 0 Å². The van der Waals surface area contributed by atoms with Gasteiger partial charge in [0, 0.05) is 13.0 Å². The minimum Gasteiger partial charge on any atom is -0.467 e. The van der Waals surface area contributed by atoms with Crippen molar-refractivity contribution in [3.8, 4) is 0 Å². The fourth-order valence-corrected chi connectivity index (χ4v) is 7.06. The highest BCUT2D eigenvalue weighted by molar-refractivity contribution is 5.90. The lowest BCUT2D eigenvalue weighted by atomic mass is 9.49. The number of furan rings is 1. The van der Waals surface area contributed by atoms with E-state index in [1.807, 2.05) is 0 Å². The third-order valence-electron chi connectivity index (χ3n) is 8.00. The van der Waals surface area contributed by atoms with Gasteiger partial charge in [-0.2, -0.15) is 0 Å². The minimum absolute atomic E-state index is 0.00555. The summed E-state index contributed by atoms with van der Waals surface area (Å²) in [4.78, 5) is 40.3. The molecule has 4 bridgehead atoms. The molecule has 0 spiro atoms. The summed E-state index contributed by atoms with van der Waals surface area (Å²) in [6.07, 6.45) is 7.32. The average molecular weight is 445 g/mol. The van der Waals surface area contributed by atoms with Crippen LogP contribution in [-0.4, -0.2) is 53.1 Å². The Morgan fingerprint density at radius 1 is 1.19 bits per heavy atom. The maximum atomic E-state index is 13.7. The third kappa shape index (κ3) is 3.93. The van der Waals surface area contributed by atoms with E-state index >= 15 is 0 Å². The number of β-amino-alcohol motifs (C(OH)–C–C–N with tert-alkyl or cyclic N) is 1. The average Bonchev–Trinajstić information content (AvgIpc) is 3.40. The van der Waals surface area contributed by atoms with Gasteiger partial charge in [0.15, 0.2) is 6.61 Å². The summed E-state index contributed by atoms with van der Waals surface area (Å²) in [5.74, 6) is 1.39. The van der Waals surface area contributed by atoms with Gasteiger partial charge in [-0.3, -0.25) is 9.59 Å². The number of nitrogens with zero attached hydrogens (tertiary/aromatic N) is 1. The first kappa shape index (κ1) is 21.5. The van der Waals surface area contributed by atoms with Crippen LogP contribution >= 0.6 is 0 Å². The van der Waals surface area contributed by atoms with Crippen LogP contribution in [0.15, 0.2) is 22.8 Å². The van der Waals surface area contributed by atoms with Crippen LogP contribution in [0.5, 0.6) is 0 Å². The Hall–Kier alpha value is -2.35. The molecule has 5 aliphatic rings. The molecular weight excluding hydrogens is 412 g/mol. The number of amides is 2. The number of carbonyl (C=O) groups excluding carboxylic acids is 3. The van der Waals surface area contributed by atoms with Gasteiger partial charge < -0.3 is 24.5 Å². The molecule has 8 nitrogen and oxygen atoms in total. The smallest absolute Gasteiger partial charge is 0.329 e. The second-order valence-electron chi connectivity index (χ2n) is 10.5. The van der Waals surface area contributed by atoms with E-state index in [0.717, 1.165) is 19.3 Å². The van der Waals surface area contributed by atoms with Gasteiger partial charge >= 0.3 is 5.97 Å². The predicted molar refractivity (Wildman–Crippen MR) is 113 cm³/mol. The summed E-state index contributed by atoms with van der Waals surface area (Å²) in [5, 5.41) is 13.0. The number of hydrogen-bond acceptors (Lipinski definition) is 6. The zero-order valence-electron chi connectivity index (χ0n) is 18.5. The zero-order valence-corrected chi connectivity index (χ0v) is 18.5. The highest BCUT2D eigenvalue weighted by Gasteiger charge is 2.57. The Morgan fingerprint density at radius 3 is 2.44 bits per heavy atom. The number of hydrogen-bond donors (Lipinski definition) is 2. The summed E-state index contributed by atoms with van der Waals surface area (Å²) in [5.41, 5.74) is -0.382. The molecule has 0 radical (unpaired) electrons. The Bertz CT molecular complexity index is 846. The number of ether oxygens (including phenoxy) is 1. The van der Waals surface area contributed by atoms with E-state index in [1.165, 1.54) is 25.5 Å². The van der Waals surface area contributed by atoms with Crippen LogP contribution in [0.3, 0.4) is 0 Å². The summed E-state index contributed by atoms with van der Waals surface area (Å²) in [7, 11) is 0. The quantitative estimate of drug-likeness (QED) is 0.651. The molecule has 5 fully saturated rings. The molecule has 2 amide bonds. The number of esters is 1. The third-order valence-corrected chi connectivity index (χ3v) is 8.00. The lowest BCUT2D eigenvalue weighted by molar-refractivity contribution is -0.166. The van der Waals surface area contributed by atoms with Crippen LogP contribution in [-0.2, 0) is 19.1 Å². The molecule has 3 atom stereocenters. The highest BCUT2D eigenvalue weighted by atomic mass is 16.5. The molecule has 1 aromatic rings. The molecule has 4 saturated carbocycles. The lowest BCUT2D eigenvalue weighted by Gasteiger charge is -2.56. The van der Waals surface area contributed by atoms with Crippen molar-refractivity contribution < 1.29 is 28.6 Å². The number of aliphatic hydroxyl groups excluding tert-OH is 1. The minimum atomic E-state index is -0.833. The first-order valence-electron chi connectivity index (χ1n) is 11.8. The van der Waals surface area contributed by atoms with E-state index in [2.05, 4.69) is 5.32 Å². The van der Waals surface area contributed by atoms with Crippen molar-refractivity contribution in [2.75, 3.05) is 13.2 Å².